The van der Waals surface area contributed by atoms with Gasteiger partial charge < -0.3 is 20.1 Å². The average Bonchev–Trinajstić information content (AvgIpc) is 2.07. The summed E-state index contributed by atoms with van der Waals surface area (Å²) in [7, 11) is 0. The Labute approximate surface area is 84.5 Å². The Morgan fingerprint density at radius 2 is 1.86 bits per heavy atom. The predicted octanol–water partition coefficient (Wildman–Crippen LogP) is -0.0959. The molecular formula is C10H20O4. The van der Waals surface area contributed by atoms with Gasteiger partial charge in [-0.25, -0.2) is 0 Å². The highest BCUT2D eigenvalue weighted by Crippen LogP contribution is 2.32. The molecule has 1 rings (SSSR count). The van der Waals surface area contributed by atoms with Gasteiger partial charge >= 0.3 is 0 Å². The second-order valence-electron chi connectivity index (χ2n) is 5.01. The fraction of sp³-hybridized carbons (Fsp3) is 1.00. The van der Waals surface area contributed by atoms with Gasteiger partial charge in [-0.2, -0.15) is 0 Å². The number of hydrogen-bond acceptors (Lipinski definition) is 4. The third-order valence-electron chi connectivity index (χ3n) is 2.72. The molecule has 0 aliphatic carbocycles. The van der Waals surface area contributed by atoms with Crippen LogP contribution in [0.1, 0.15) is 27.2 Å². The van der Waals surface area contributed by atoms with Crippen molar-refractivity contribution in [2.75, 3.05) is 6.61 Å². The van der Waals surface area contributed by atoms with Gasteiger partial charge in [0.15, 0.2) is 0 Å². The third kappa shape index (κ3) is 2.45. The minimum absolute atomic E-state index is 0.0887. The van der Waals surface area contributed by atoms with E-state index in [2.05, 4.69) is 0 Å². The maximum absolute atomic E-state index is 9.57. The summed E-state index contributed by atoms with van der Waals surface area (Å²) in [5.41, 5.74) is -0.0887. The second-order valence-corrected chi connectivity index (χ2v) is 5.01. The molecule has 14 heavy (non-hydrogen) atoms. The van der Waals surface area contributed by atoms with Crippen molar-refractivity contribution in [3.63, 3.8) is 0 Å². The Kier molecular flexibility index (Phi) is 3.53. The van der Waals surface area contributed by atoms with Gasteiger partial charge in [-0.1, -0.05) is 20.8 Å². The molecule has 4 unspecified atom stereocenters. The SMILES string of the molecule is CC(C)(C)C1CC(O)C(O)C(CO)O1. The van der Waals surface area contributed by atoms with Crippen LogP contribution in [0, 0.1) is 5.41 Å². The zero-order chi connectivity index (χ0) is 10.9. The van der Waals surface area contributed by atoms with Gasteiger partial charge in [0.05, 0.1) is 18.8 Å². The summed E-state index contributed by atoms with van der Waals surface area (Å²) in [5.74, 6) is 0. The van der Waals surface area contributed by atoms with E-state index in [0.29, 0.717) is 6.42 Å². The van der Waals surface area contributed by atoms with Crippen molar-refractivity contribution in [1.82, 2.24) is 0 Å². The number of hydrogen-bond donors (Lipinski definition) is 3. The summed E-state index contributed by atoms with van der Waals surface area (Å²) in [6.07, 6.45) is -2.15. The summed E-state index contributed by atoms with van der Waals surface area (Å²) >= 11 is 0. The summed E-state index contributed by atoms with van der Waals surface area (Å²) in [4.78, 5) is 0. The monoisotopic (exact) mass is 204 g/mol. The largest absolute Gasteiger partial charge is 0.394 e. The zero-order valence-electron chi connectivity index (χ0n) is 8.97. The first-order valence-electron chi connectivity index (χ1n) is 4.98. The van der Waals surface area contributed by atoms with Gasteiger partial charge in [0.25, 0.3) is 0 Å². The summed E-state index contributed by atoms with van der Waals surface area (Å²) in [6.45, 7) is 5.77. The van der Waals surface area contributed by atoms with Crippen molar-refractivity contribution < 1.29 is 20.1 Å². The minimum Gasteiger partial charge on any atom is -0.394 e. The van der Waals surface area contributed by atoms with Crippen LogP contribution >= 0.6 is 0 Å². The van der Waals surface area contributed by atoms with Crippen LogP contribution in [-0.2, 0) is 4.74 Å². The van der Waals surface area contributed by atoms with Crippen molar-refractivity contribution >= 4 is 0 Å². The van der Waals surface area contributed by atoms with Crippen LogP contribution in [0.25, 0.3) is 0 Å². The Bertz CT molecular complexity index is 187. The lowest BCUT2D eigenvalue weighted by atomic mass is 9.82. The van der Waals surface area contributed by atoms with Gasteiger partial charge in [-0.15, -0.1) is 0 Å². The van der Waals surface area contributed by atoms with Crippen LogP contribution < -0.4 is 0 Å². The van der Waals surface area contributed by atoms with Crippen LogP contribution in [0.5, 0.6) is 0 Å². The Morgan fingerprint density at radius 3 is 2.29 bits per heavy atom. The van der Waals surface area contributed by atoms with E-state index < -0.39 is 18.3 Å². The van der Waals surface area contributed by atoms with Crippen molar-refractivity contribution in [2.24, 2.45) is 5.41 Å². The summed E-state index contributed by atoms with van der Waals surface area (Å²) in [6, 6.07) is 0. The van der Waals surface area contributed by atoms with E-state index in [4.69, 9.17) is 9.84 Å². The second kappa shape index (κ2) is 4.14. The van der Waals surface area contributed by atoms with Gasteiger partial charge in [-0.3, -0.25) is 0 Å². The van der Waals surface area contributed by atoms with E-state index >= 15 is 0 Å². The highest BCUT2D eigenvalue weighted by molar-refractivity contribution is 4.89. The fourth-order valence-electron chi connectivity index (χ4n) is 1.66. The van der Waals surface area contributed by atoms with Gasteiger partial charge in [0.1, 0.15) is 12.2 Å². The van der Waals surface area contributed by atoms with E-state index in [1.807, 2.05) is 20.8 Å². The maximum atomic E-state index is 9.57. The van der Waals surface area contributed by atoms with Crippen LogP contribution in [0.2, 0.25) is 0 Å². The van der Waals surface area contributed by atoms with E-state index in [-0.39, 0.29) is 18.1 Å². The highest BCUT2D eigenvalue weighted by atomic mass is 16.5. The molecule has 0 saturated carbocycles. The number of aliphatic hydroxyl groups excluding tert-OH is 3. The molecule has 1 saturated heterocycles. The molecule has 4 heteroatoms. The van der Waals surface area contributed by atoms with Crippen molar-refractivity contribution in [1.29, 1.82) is 0 Å². The third-order valence-corrected chi connectivity index (χ3v) is 2.72. The van der Waals surface area contributed by atoms with Crippen LogP contribution in [-0.4, -0.2) is 46.3 Å². The van der Waals surface area contributed by atoms with Crippen LogP contribution in [0.4, 0.5) is 0 Å². The molecule has 1 aliphatic heterocycles. The molecule has 84 valence electrons. The molecular weight excluding hydrogens is 184 g/mol. The fourth-order valence-corrected chi connectivity index (χ4v) is 1.66. The van der Waals surface area contributed by atoms with Crippen molar-refractivity contribution in [2.45, 2.75) is 51.6 Å². The predicted molar refractivity (Wildman–Crippen MR) is 51.8 cm³/mol. The van der Waals surface area contributed by atoms with Gasteiger partial charge in [0, 0.05) is 6.42 Å². The van der Waals surface area contributed by atoms with E-state index in [1.54, 1.807) is 0 Å². The average molecular weight is 204 g/mol. The highest BCUT2D eigenvalue weighted by Gasteiger charge is 2.40. The minimum atomic E-state index is -0.974. The zero-order valence-corrected chi connectivity index (χ0v) is 8.97. The Morgan fingerprint density at radius 1 is 1.29 bits per heavy atom. The number of aliphatic hydroxyl groups is 3. The van der Waals surface area contributed by atoms with E-state index in [1.165, 1.54) is 0 Å². The van der Waals surface area contributed by atoms with E-state index in [9.17, 15) is 10.2 Å². The molecule has 0 aromatic heterocycles. The molecule has 0 aromatic carbocycles. The van der Waals surface area contributed by atoms with Crippen molar-refractivity contribution in [3.8, 4) is 0 Å². The molecule has 4 atom stereocenters. The maximum Gasteiger partial charge on any atom is 0.109 e. The quantitative estimate of drug-likeness (QED) is 0.558. The standard InChI is InChI=1S/C10H20O4/c1-10(2,3)8-4-6(12)9(13)7(5-11)14-8/h6-9,11-13H,4-5H2,1-3H3. The Balaban J connectivity index is 2.68. The number of rotatable bonds is 1. The first-order valence-corrected chi connectivity index (χ1v) is 4.98. The first kappa shape index (κ1) is 11.9. The lowest BCUT2D eigenvalue weighted by molar-refractivity contribution is -0.201. The molecule has 1 fully saturated rings. The van der Waals surface area contributed by atoms with Gasteiger partial charge in [0.2, 0.25) is 0 Å². The molecule has 0 amide bonds. The molecule has 0 radical (unpaired) electrons. The summed E-state index contributed by atoms with van der Waals surface area (Å²) < 4.78 is 5.52. The van der Waals surface area contributed by atoms with Crippen LogP contribution in [0.15, 0.2) is 0 Å². The molecule has 0 bridgehead atoms. The lowest BCUT2D eigenvalue weighted by Gasteiger charge is -2.42. The topological polar surface area (TPSA) is 69.9 Å². The first-order chi connectivity index (χ1) is 6.36. The molecule has 1 heterocycles. The smallest absolute Gasteiger partial charge is 0.109 e. The molecule has 1 aliphatic rings. The molecule has 0 aromatic rings. The van der Waals surface area contributed by atoms with Crippen molar-refractivity contribution in [3.05, 3.63) is 0 Å². The molecule has 0 spiro atoms. The lowest BCUT2D eigenvalue weighted by Crippen LogP contribution is -2.52. The Hall–Kier alpha value is -0.160. The molecule has 3 N–H and O–H groups in total. The van der Waals surface area contributed by atoms with E-state index in [0.717, 1.165) is 0 Å². The van der Waals surface area contributed by atoms with Gasteiger partial charge in [-0.05, 0) is 5.41 Å². The summed E-state index contributed by atoms with van der Waals surface area (Å²) in [5, 5.41) is 28.0. The van der Waals surface area contributed by atoms with Crippen LogP contribution in [0.3, 0.4) is 0 Å². The number of ether oxygens (including phenoxy) is 1. The molecule has 4 nitrogen and oxygen atoms in total. The normalized spacial score (nSPS) is 39.9.